The van der Waals surface area contributed by atoms with Gasteiger partial charge in [-0.25, -0.2) is 0 Å². The Morgan fingerprint density at radius 1 is 1.11 bits per heavy atom. The maximum Gasteiger partial charge on any atom is 0.216 e. The minimum absolute atomic E-state index is 0.127. The Balaban J connectivity index is 2.76. The molecule has 1 N–H and O–H groups in total. The number of rotatable bonds is 7. The van der Waals surface area contributed by atoms with E-state index in [1.807, 2.05) is 0 Å². The summed E-state index contributed by atoms with van der Waals surface area (Å²) in [6.07, 6.45) is 11.9. The molecule has 0 aliphatic heterocycles. The van der Waals surface area contributed by atoms with Crippen LogP contribution < -0.4 is 5.32 Å². The third kappa shape index (κ3) is 4.29. The molecule has 2 nitrogen and oxygen atoms in total. The van der Waals surface area contributed by atoms with E-state index >= 15 is 0 Å². The zero-order valence-electron chi connectivity index (χ0n) is 12.6. The highest BCUT2D eigenvalue weighted by Gasteiger charge is 2.37. The molecule has 1 saturated carbocycles. The summed E-state index contributed by atoms with van der Waals surface area (Å²) in [5.41, 5.74) is 0.371. The topological polar surface area (TPSA) is 29.1 Å². The fourth-order valence-corrected chi connectivity index (χ4v) is 3.87. The van der Waals surface area contributed by atoms with Crippen molar-refractivity contribution in [3.05, 3.63) is 0 Å². The van der Waals surface area contributed by atoms with Crippen molar-refractivity contribution >= 4 is 5.91 Å². The molecule has 0 bridgehead atoms. The van der Waals surface area contributed by atoms with Crippen molar-refractivity contribution in [2.24, 2.45) is 11.3 Å². The van der Waals surface area contributed by atoms with Gasteiger partial charge >= 0.3 is 0 Å². The Hall–Kier alpha value is -0.530. The van der Waals surface area contributed by atoms with Gasteiger partial charge in [0.15, 0.2) is 0 Å². The Morgan fingerprint density at radius 3 is 2.11 bits per heavy atom. The van der Waals surface area contributed by atoms with Gasteiger partial charge in [-0.05, 0) is 37.0 Å². The van der Waals surface area contributed by atoms with Gasteiger partial charge in [0.1, 0.15) is 0 Å². The molecule has 1 aliphatic carbocycles. The first-order valence-corrected chi connectivity index (χ1v) is 7.89. The van der Waals surface area contributed by atoms with E-state index in [1.54, 1.807) is 6.92 Å². The highest BCUT2D eigenvalue weighted by atomic mass is 16.1. The maximum atomic E-state index is 11.3. The summed E-state index contributed by atoms with van der Waals surface area (Å²) in [7, 11) is 0. The molecule has 0 atom stereocenters. The van der Waals surface area contributed by atoms with Crippen LogP contribution >= 0.6 is 0 Å². The summed E-state index contributed by atoms with van der Waals surface area (Å²) >= 11 is 0. The molecule has 18 heavy (non-hydrogen) atoms. The summed E-state index contributed by atoms with van der Waals surface area (Å²) in [5, 5.41) is 3.11. The lowest BCUT2D eigenvalue weighted by Crippen LogP contribution is -2.42. The quantitative estimate of drug-likeness (QED) is 0.720. The molecule has 0 unspecified atom stereocenters. The second-order valence-electron chi connectivity index (χ2n) is 6.11. The van der Waals surface area contributed by atoms with Gasteiger partial charge < -0.3 is 5.32 Å². The van der Waals surface area contributed by atoms with Gasteiger partial charge in [0.2, 0.25) is 5.91 Å². The molecule has 106 valence electrons. The lowest BCUT2D eigenvalue weighted by atomic mass is 9.64. The average Bonchev–Trinajstić information content (AvgIpc) is 2.37. The highest BCUT2D eigenvalue weighted by molar-refractivity contribution is 5.72. The predicted octanol–water partition coefficient (Wildman–Crippen LogP) is 4.29. The van der Waals surface area contributed by atoms with Crippen molar-refractivity contribution in [3.8, 4) is 0 Å². The smallest absolute Gasteiger partial charge is 0.216 e. The molecular formula is C16H31NO. The third-order valence-corrected chi connectivity index (χ3v) is 4.66. The van der Waals surface area contributed by atoms with Gasteiger partial charge in [0.05, 0.1) is 0 Å². The SMILES string of the molecule is CCCC(CCC)(CNC(C)=O)C1CCCCC1. The maximum absolute atomic E-state index is 11.3. The van der Waals surface area contributed by atoms with Crippen molar-refractivity contribution < 1.29 is 4.79 Å². The van der Waals surface area contributed by atoms with Crippen molar-refractivity contribution in [2.45, 2.75) is 78.6 Å². The Labute approximate surface area is 113 Å². The number of hydrogen-bond donors (Lipinski definition) is 1. The van der Waals surface area contributed by atoms with Crippen LogP contribution in [-0.4, -0.2) is 12.5 Å². The van der Waals surface area contributed by atoms with Crippen LogP contribution in [0, 0.1) is 11.3 Å². The van der Waals surface area contributed by atoms with Gasteiger partial charge in [-0.1, -0.05) is 46.0 Å². The molecule has 1 aliphatic rings. The van der Waals surface area contributed by atoms with E-state index in [0.717, 1.165) is 12.5 Å². The van der Waals surface area contributed by atoms with Crippen LogP contribution in [0.25, 0.3) is 0 Å². The van der Waals surface area contributed by atoms with E-state index in [-0.39, 0.29) is 5.91 Å². The second-order valence-corrected chi connectivity index (χ2v) is 6.11. The van der Waals surface area contributed by atoms with Crippen LogP contribution in [0.15, 0.2) is 0 Å². The van der Waals surface area contributed by atoms with Gasteiger partial charge in [0.25, 0.3) is 0 Å². The zero-order chi connectivity index (χ0) is 13.4. The molecule has 1 amide bonds. The van der Waals surface area contributed by atoms with Gasteiger partial charge in [-0.3, -0.25) is 4.79 Å². The van der Waals surface area contributed by atoms with Crippen LogP contribution in [0.1, 0.15) is 78.6 Å². The first kappa shape index (κ1) is 15.5. The van der Waals surface area contributed by atoms with Crippen LogP contribution in [0.3, 0.4) is 0 Å². The molecule has 0 saturated heterocycles. The predicted molar refractivity (Wildman–Crippen MR) is 77.5 cm³/mol. The highest BCUT2D eigenvalue weighted by Crippen LogP contribution is 2.44. The zero-order valence-corrected chi connectivity index (χ0v) is 12.6. The minimum atomic E-state index is 0.127. The molecule has 0 heterocycles. The Morgan fingerprint density at radius 2 is 1.67 bits per heavy atom. The first-order valence-electron chi connectivity index (χ1n) is 7.89. The number of hydrogen-bond acceptors (Lipinski definition) is 1. The summed E-state index contributed by atoms with van der Waals surface area (Å²) < 4.78 is 0. The fourth-order valence-electron chi connectivity index (χ4n) is 3.87. The van der Waals surface area contributed by atoms with Crippen LogP contribution in [0.4, 0.5) is 0 Å². The Bertz CT molecular complexity index is 237. The third-order valence-electron chi connectivity index (χ3n) is 4.66. The molecule has 1 rings (SSSR count). The Kier molecular flexibility index (Phi) is 6.73. The molecule has 0 radical (unpaired) electrons. The lowest BCUT2D eigenvalue weighted by molar-refractivity contribution is -0.119. The molecular weight excluding hydrogens is 222 g/mol. The van der Waals surface area contributed by atoms with E-state index in [1.165, 1.54) is 57.8 Å². The van der Waals surface area contributed by atoms with Crippen LogP contribution in [-0.2, 0) is 4.79 Å². The molecule has 0 aromatic rings. The normalized spacial score (nSPS) is 17.7. The van der Waals surface area contributed by atoms with Crippen molar-refractivity contribution in [1.29, 1.82) is 0 Å². The number of carbonyl (C=O) groups is 1. The minimum Gasteiger partial charge on any atom is -0.356 e. The average molecular weight is 253 g/mol. The van der Waals surface area contributed by atoms with Crippen molar-refractivity contribution in [2.75, 3.05) is 6.54 Å². The van der Waals surface area contributed by atoms with Crippen molar-refractivity contribution in [3.63, 3.8) is 0 Å². The van der Waals surface area contributed by atoms with Gasteiger partial charge in [0, 0.05) is 13.5 Å². The second kappa shape index (κ2) is 7.81. The van der Waals surface area contributed by atoms with E-state index in [0.29, 0.717) is 5.41 Å². The summed E-state index contributed by atoms with van der Waals surface area (Å²) in [4.78, 5) is 11.3. The molecule has 0 aromatic carbocycles. The molecule has 2 heteroatoms. The van der Waals surface area contributed by atoms with Crippen LogP contribution in [0.5, 0.6) is 0 Å². The number of carbonyl (C=O) groups excluding carboxylic acids is 1. The molecule has 1 fully saturated rings. The van der Waals surface area contributed by atoms with E-state index in [2.05, 4.69) is 19.2 Å². The van der Waals surface area contributed by atoms with Gasteiger partial charge in [-0.2, -0.15) is 0 Å². The summed E-state index contributed by atoms with van der Waals surface area (Å²) in [5.74, 6) is 0.959. The number of nitrogens with one attached hydrogen (secondary N) is 1. The largest absolute Gasteiger partial charge is 0.356 e. The molecule has 0 spiro atoms. The van der Waals surface area contributed by atoms with Crippen molar-refractivity contribution in [1.82, 2.24) is 5.32 Å². The van der Waals surface area contributed by atoms with E-state index in [4.69, 9.17) is 0 Å². The standard InChI is InChI=1S/C16H31NO/c1-4-11-16(12-5-2,13-17-14(3)18)15-9-7-6-8-10-15/h15H,4-13H2,1-3H3,(H,17,18). The van der Waals surface area contributed by atoms with Gasteiger partial charge in [-0.15, -0.1) is 0 Å². The molecule has 0 aromatic heterocycles. The van der Waals surface area contributed by atoms with Crippen LogP contribution in [0.2, 0.25) is 0 Å². The number of amides is 1. The summed E-state index contributed by atoms with van der Waals surface area (Å²) in [6, 6.07) is 0. The fraction of sp³-hybridized carbons (Fsp3) is 0.938. The van der Waals surface area contributed by atoms with E-state index < -0.39 is 0 Å². The first-order chi connectivity index (χ1) is 8.64. The monoisotopic (exact) mass is 253 g/mol. The van der Waals surface area contributed by atoms with E-state index in [9.17, 15) is 4.79 Å². The summed E-state index contributed by atoms with van der Waals surface area (Å²) in [6.45, 7) is 7.10. The lowest BCUT2D eigenvalue weighted by Gasteiger charge is -2.43.